The van der Waals surface area contributed by atoms with Gasteiger partial charge in [0.2, 0.25) is 0 Å². The van der Waals surface area contributed by atoms with Crippen LogP contribution in [0.5, 0.6) is 0 Å². The van der Waals surface area contributed by atoms with Crippen LogP contribution in [0.15, 0.2) is 59.3 Å². The van der Waals surface area contributed by atoms with Gasteiger partial charge in [-0.25, -0.2) is 4.98 Å². The van der Waals surface area contributed by atoms with E-state index < -0.39 is 0 Å². The zero-order valence-corrected chi connectivity index (χ0v) is 14.8. The van der Waals surface area contributed by atoms with E-state index in [9.17, 15) is 4.79 Å². The summed E-state index contributed by atoms with van der Waals surface area (Å²) in [5.41, 5.74) is 8.38. The van der Waals surface area contributed by atoms with Crippen molar-refractivity contribution in [3.63, 3.8) is 0 Å². The number of carbonyl (C=O) groups excluding carboxylic acids is 1. The van der Waals surface area contributed by atoms with E-state index >= 15 is 0 Å². The lowest BCUT2D eigenvalue weighted by Gasteiger charge is -2.28. The Balaban J connectivity index is 1.49. The number of nitrogens with one attached hydrogen (secondary N) is 2. The normalized spacial score (nSPS) is 14.1. The van der Waals surface area contributed by atoms with E-state index in [0.29, 0.717) is 22.7 Å². The molecule has 1 aromatic carbocycles. The van der Waals surface area contributed by atoms with Gasteiger partial charge in [0.05, 0.1) is 23.2 Å². The highest BCUT2D eigenvalue weighted by atomic mass is 16.3. The van der Waals surface area contributed by atoms with E-state index in [0.717, 1.165) is 37.6 Å². The molecule has 1 aliphatic heterocycles. The second kappa shape index (κ2) is 7.51. The molecule has 138 valence electrons. The molecule has 7 heteroatoms. The third-order valence-electron chi connectivity index (χ3n) is 4.56. The van der Waals surface area contributed by atoms with Gasteiger partial charge in [-0.05, 0) is 42.5 Å². The molecule has 1 amide bonds. The average Bonchev–Trinajstić information content (AvgIpc) is 3.25. The third-order valence-corrected chi connectivity index (χ3v) is 4.56. The molecule has 1 saturated heterocycles. The molecule has 0 atom stereocenters. The van der Waals surface area contributed by atoms with Crippen LogP contribution in [0.3, 0.4) is 0 Å². The first-order valence-electron chi connectivity index (χ1n) is 8.87. The molecular formula is C20H21N5O2. The first-order chi connectivity index (χ1) is 13.2. The fourth-order valence-electron chi connectivity index (χ4n) is 3.06. The van der Waals surface area contributed by atoms with Crippen LogP contribution in [0, 0.1) is 0 Å². The maximum absolute atomic E-state index is 12.6. The molecule has 0 aliphatic carbocycles. The lowest BCUT2D eigenvalue weighted by molar-refractivity contribution is 0.102. The largest absolute Gasteiger partial charge is 0.464 e. The molecule has 27 heavy (non-hydrogen) atoms. The average molecular weight is 363 g/mol. The number of benzene rings is 1. The molecule has 4 N–H and O–H groups in total. The van der Waals surface area contributed by atoms with Gasteiger partial charge in [0.15, 0.2) is 0 Å². The van der Waals surface area contributed by atoms with Crippen LogP contribution < -0.4 is 21.3 Å². The molecule has 1 fully saturated rings. The standard InChI is InChI=1S/C20H21N5O2/c21-16-5-3-14(18-2-1-11-27-18)12-17(16)24-20(26)15-4-6-19(23-13-15)25-9-7-22-8-10-25/h1-6,11-13,22H,7-10,21H2,(H,24,26). The van der Waals surface area contributed by atoms with Crippen molar-refractivity contribution < 1.29 is 9.21 Å². The number of piperazine rings is 1. The summed E-state index contributed by atoms with van der Waals surface area (Å²) in [5, 5.41) is 6.17. The zero-order valence-electron chi connectivity index (χ0n) is 14.8. The van der Waals surface area contributed by atoms with Gasteiger partial charge >= 0.3 is 0 Å². The summed E-state index contributed by atoms with van der Waals surface area (Å²) in [4.78, 5) is 19.2. The lowest BCUT2D eigenvalue weighted by Crippen LogP contribution is -2.43. The number of hydrogen-bond acceptors (Lipinski definition) is 6. The number of aromatic nitrogens is 1. The summed E-state index contributed by atoms with van der Waals surface area (Å²) >= 11 is 0. The van der Waals surface area contributed by atoms with Crippen LogP contribution in [0.1, 0.15) is 10.4 Å². The van der Waals surface area contributed by atoms with Crippen LogP contribution in [-0.2, 0) is 0 Å². The SMILES string of the molecule is Nc1ccc(-c2ccco2)cc1NC(=O)c1ccc(N2CCNCC2)nc1. The van der Waals surface area contributed by atoms with Gasteiger partial charge in [-0.1, -0.05) is 0 Å². The van der Waals surface area contributed by atoms with Gasteiger partial charge in [0, 0.05) is 37.9 Å². The third kappa shape index (κ3) is 3.78. The monoisotopic (exact) mass is 363 g/mol. The number of furan rings is 1. The van der Waals surface area contributed by atoms with E-state index in [-0.39, 0.29) is 5.91 Å². The quantitative estimate of drug-likeness (QED) is 0.617. The first-order valence-corrected chi connectivity index (χ1v) is 8.87. The highest BCUT2D eigenvalue weighted by Crippen LogP contribution is 2.28. The Hall–Kier alpha value is -3.32. The van der Waals surface area contributed by atoms with Crippen molar-refractivity contribution in [2.45, 2.75) is 0 Å². The van der Waals surface area contributed by atoms with Gasteiger partial charge in [0.1, 0.15) is 11.6 Å². The molecule has 3 heterocycles. The summed E-state index contributed by atoms with van der Waals surface area (Å²) in [6, 6.07) is 12.7. The minimum atomic E-state index is -0.252. The Kier molecular flexibility index (Phi) is 4.76. The highest BCUT2D eigenvalue weighted by molar-refractivity contribution is 6.06. The molecule has 0 spiro atoms. The predicted octanol–water partition coefficient (Wildman–Crippen LogP) is 2.59. The van der Waals surface area contributed by atoms with Crippen LogP contribution >= 0.6 is 0 Å². The number of carbonyl (C=O) groups is 1. The van der Waals surface area contributed by atoms with Crippen LogP contribution in [0.4, 0.5) is 17.2 Å². The number of nitrogen functional groups attached to an aromatic ring is 1. The summed E-state index contributed by atoms with van der Waals surface area (Å²) in [6.07, 6.45) is 3.20. The fraction of sp³-hybridized carbons (Fsp3) is 0.200. The van der Waals surface area contributed by atoms with Gasteiger partial charge in [-0.3, -0.25) is 4.79 Å². The molecule has 0 bridgehead atoms. The number of amides is 1. The van der Waals surface area contributed by atoms with Crippen molar-refractivity contribution in [3.8, 4) is 11.3 Å². The van der Waals surface area contributed by atoms with Crippen LogP contribution in [0.2, 0.25) is 0 Å². The van der Waals surface area contributed by atoms with Gasteiger partial charge in [-0.2, -0.15) is 0 Å². The van der Waals surface area contributed by atoms with Gasteiger partial charge in [0.25, 0.3) is 5.91 Å². The molecular weight excluding hydrogens is 342 g/mol. The van der Waals surface area contributed by atoms with Crippen LogP contribution in [0.25, 0.3) is 11.3 Å². The van der Waals surface area contributed by atoms with Crippen molar-refractivity contribution in [2.24, 2.45) is 0 Å². The number of hydrogen-bond donors (Lipinski definition) is 3. The summed E-state index contributed by atoms with van der Waals surface area (Å²) < 4.78 is 5.40. The van der Waals surface area contributed by atoms with Gasteiger partial charge < -0.3 is 25.7 Å². The second-order valence-electron chi connectivity index (χ2n) is 6.38. The fourth-order valence-corrected chi connectivity index (χ4v) is 3.06. The summed E-state index contributed by atoms with van der Waals surface area (Å²) in [6.45, 7) is 3.70. The number of anilines is 3. The molecule has 4 rings (SSSR count). The smallest absolute Gasteiger partial charge is 0.257 e. The molecule has 7 nitrogen and oxygen atoms in total. The van der Waals surface area contributed by atoms with Crippen molar-refractivity contribution in [3.05, 3.63) is 60.5 Å². The Morgan fingerprint density at radius 1 is 1.19 bits per heavy atom. The Morgan fingerprint density at radius 3 is 2.74 bits per heavy atom. The molecule has 0 saturated carbocycles. The molecule has 1 aliphatic rings. The lowest BCUT2D eigenvalue weighted by atomic mass is 10.1. The predicted molar refractivity (Wildman–Crippen MR) is 106 cm³/mol. The molecule has 2 aromatic heterocycles. The van der Waals surface area contributed by atoms with E-state index in [1.807, 2.05) is 24.3 Å². The number of nitrogens with zero attached hydrogens (tertiary/aromatic N) is 2. The summed E-state index contributed by atoms with van der Waals surface area (Å²) in [5.74, 6) is 1.34. The Labute approximate surface area is 157 Å². The van der Waals surface area contributed by atoms with E-state index in [1.165, 1.54) is 0 Å². The number of nitrogens with two attached hydrogens (primary N) is 1. The first kappa shape index (κ1) is 17.1. The van der Waals surface area contributed by atoms with Crippen LogP contribution in [-0.4, -0.2) is 37.1 Å². The van der Waals surface area contributed by atoms with Crippen molar-refractivity contribution in [2.75, 3.05) is 42.1 Å². The van der Waals surface area contributed by atoms with E-state index in [1.54, 1.807) is 30.7 Å². The molecule has 0 unspecified atom stereocenters. The summed E-state index contributed by atoms with van der Waals surface area (Å²) in [7, 11) is 0. The maximum atomic E-state index is 12.6. The zero-order chi connectivity index (χ0) is 18.6. The van der Waals surface area contributed by atoms with Crippen molar-refractivity contribution in [1.29, 1.82) is 0 Å². The number of rotatable bonds is 4. The highest BCUT2D eigenvalue weighted by Gasteiger charge is 2.14. The van der Waals surface area contributed by atoms with E-state index in [2.05, 4.69) is 20.5 Å². The van der Waals surface area contributed by atoms with E-state index in [4.69, 9.17) is 10.2 Å². The minimum Gasteiger partial charge on any atom is -0.464 e. The molecule has 0 radical (unpaired) electrons. The van der Waals surface area contributed by atoms with Crippen molar-refractivity contribution in [1.82, 2.24) is 10.3 Å². The van der Waals surface area contributed by atoms with Crippen molar-refractivity contribution >= 4 is 23.1 Å². The maximum Gasteiger partial charge on any atom is 0.257 e. The minimum absolute atomic E-state index is 0.252. The second-order valence-corrected chi connectivity index (χ2v) is 6.38. The molecule has 3 aromatic rings. The number of pyridine rings is 1. The topological polar surface area (TPSA) is 96.4 Å². The Morgan fingerprint density at radius 2 is 2.04 bits per heavy atom. The van der Waals surface area contributed by atoms with Gasteiger partial charge in [-0.15, -0.1) is 0 Å². The Bertz CT molecular complexity index is 916.